The van der Waals surface area contributed by atoms with Gasteiger partial charge in [0.15, 0.2) is 5.43 Å². The summed E-state index contributed by atoms with van der Waals surface area (Å²) in [6.07, 6.45) is 1.93. The van der Waals surface area contributed by atoms with Crippen molar-refractivity contribution in [2.24, 2.45) is 0 Å². The van der Waals surface area contributed by atoms with Crippen molar-refractivity contribution in [2.75, 3.05) is 5.32 Å². The van der Waals surface area contributed by atoms with Crippen LogP contribution in [-0.4, -0.2) is 10.5 Å². The van der Waals surface area contributed by atoms with Crippen molar-refractivity contribution in [1.82, 2.24) is 4.57 Å². The SMILES string of the molecule is CCCCn1c(C)cc(=O)c(C(=O)Nc2ccccc2)c1-c1ccccc1Cl. The molecule has 3 aromatic rings. The van der Waals surface area contributed by atoms with Crippen LogP contribution >= 0.6 is 11.6 Å². The number of amides is 1. The predicted octanol–water partition coefficient (Wildman–Crippen LogP) is 5.53. The average molecular weight is 395 g/mol. The molecule has 1 amide bonds. The Morgan fingerprint density at radius 1 is 1.07 bits per heavy atom. The van der Waals surface area contributed by atoms with Gasteiger partial charge in [0.1, 0.15) is 5.56 Å². The summed E-state index contributed by atoms with van der Waals surface area (Å²) in [7, 11) is 0. The molecule has 0 aliphatic heterocycles. The Bertz CT molecular complexity index is 1040. The van der Waals surface area contributed by atoms with Gasteiger partial charge < -0.3 is 9.88 Å². The minimum atomic E-state index is -0.434. The van der Waals surface area contributed by atoms with Crippen LogP contribution in [0.1, 0.15) is 35.8 Å². The van der Waals surface area contributed by atoms with Crippen LogP contribution in [0.25, 0.3) is 11.3 Å². The number of carbonyl (C=O) groups is 1. The third-order valence-electron chi connectivity index (χ3n) is 4.64. The zero-order valence-electron chi connectivity index (χ0n) is 16.0. The molecule has 0 saturated carbocycles. The number of halogens is 1. The zero-order chi connectivity index (χ0) is 20.1. The predicted molar refractivity (Wildman–Crippen MR) is 115 cm³/mol. The minimum absolute atomic E-state index is 0.110. The van der Waals surface area contributed by atoms with E-state index < -0.39 is 5.91 Å². The van der Waals surface area contributed by atoms with Gasteiger partial charge in [0, 0.05) is 34.6 Å². The fourth-order valence-electron chi connectivity index (χ4n) is 3.24. The van der Waals surface area contributed by atoms with E-state index in [2.05, 4.69) is 12.2 Å². The van der Waals surface area contributed by atoms with Gasteiger partial charge in [-0.2, -0.15) is 0 Å². The molecule has 0 aliphatic carbocycles. The van der Waals surface area contributed by atoms with Gasteiger partial charge in [0.25, 0.3) is 5.91 Å². The normalized spacial score (nSPS) is 10.7. The summed E-state index contributed by atoms with van der Waals surface area (Å²) >= 11 is 6.46. The van der Waals surface area contributed by atoms with E-state index in [-0.39, 0.29) is 11.0 Å². The first kappa shape index (κ1) is 19.9. The first-order valence-electron chi connectivity index (χ1n) is 9.38. The van der Waals surface area contributed by atoms with E-state index >= 15 is 0 Å². The van der Waals surface area contributed by atoms with Crippen molar-refractivity contribution in [2.45, 2.75) is 33.2 Å². The summed E-state index contributed by atoms with van der Waals surface area (Å²) in [6.45, 7) is 4.70. The third kappa shape index (κ3) is 4.18. The van der Waals surface area contributed by atoms with E-state index in [9.17, 15) is 9.59 Å². The number of para-hydroxylation sites is 1. The van der Waals surface area contributed by atoms with Crippen molar-refractivity contribution >= 4 is 23.2 Å². The molecule has 0 atom stereocenters. The minimum Gasteiger partial charge on any atom is -0.344 e. The van der Waals surface area contributed by atoms with E-state index in [0.29, 0.717) is 28.5 Å². The van der Waals surface area contributed by atoms with E-state index in [1.807, 2.05) is 47.9 Å². The molecule has 3 rings (SSSR count). The lowest BCUT2D eigenvalue weighted by atomic mass is 10.0. The lowest BCUT2D eigenvalue weighted by molar-refractivity contribution is 0.102. The largest absolute Gasteiger partial charge is 0.344 e. The molecule has 0 radical (unpaired) electrons. The molecule has 0 fully saturated rings. The highest BCUT2D eigenvalue weighted by molar-refractivity contribution is 6.33. The number of hydrogen-bond acceptors (Lipinski definition) is 2. The smallest absolute Gasteiger partial charge is 0.261 e. The molecule has 0 unspecified atom stereocenters. The summed E-state index contributed by atoms with van der Waals surface area (Å²) in [5, 5.41) is 3.34. The van der Waals surface area contributed by atoms with Crippen LogP contribution in [0, 0.1) is 6.92 Å². The van der Waals surface area contributed by atoms with Crippen molar-refractivity contribution < 1.29 is 4.79 Å². The van der Waals surface area contributed by atoms with Crippen LogP contribution in [0.15, 0.2) is 65.5 Å². The van der Waals surface area contributed by atoms with Gasteiger partial charge in [-0.05, 0) is 31.5 Å². The highest BCUT2D eigenvalue weighted by Gasteiger charge is 2.23. The number of anilines is 1. The van der Waals surface area contributed by atoms with Crippen molar-refractivity contribution in [1.29, 1.82) is 0 Å². The van der Waals surface area contributed by atoms with Crippen molar-refractivity contribution in [3.05, 3.63) is 87.2 Å². The van der Waals surface area contributed by atoms with Crippen LogP contribution in [-0.2, 0) is 6.54 Å². The number of aromatic nitrogens is 1. The molecular weight excluding hydrogens is 372 g/mol. The summed E-state index contributed by atoms with van der Waals surface area (Å²) in [4.78, 5) is 26.0. The fourth-order valence-corrected chi connectivity index (χ4v) is 3.47. The number of hydrogen-bond donors (Lipinski definition) is 1. The van der Waals surface area contributed by atoms with E-state index in [1.54, 1.807) is 18.2 Å². The van der Waals surface area contributed by atoms with Crippen LogP contribution in [0.5, 0.6) is 0 Å². The Balaban J connectivity index is 2.22. The fraction of sp³-hybridized carbons (Fsp3) is 0.217. The van der Waals surface area contributed by atoms with Crippen LogP contribution < -0.4 is 10.7 Å². The summed E-state index contributed by atoms with van der Waals surface area (Å²) in [5.74, 6) is -0.434. The molecule has 1 N–H and O–H groups in total. The molecule has 144 valence electrons. The maximum Gasteiger partial charge on any atom is 0.261 e. The highest BCUT2D eigenvalue weighted by Crippen LogP contribution is 2.31. The van der Waals surface area contributed by atoms with Crippen LogP contribution in [0.3, 0.4) is 0 Å². The standard InChI is InChI=1S/C23H23ClN2O2/c1-3-4-14-26-16(2)15-20(27)21(22(26)18-12-8-9-13-19(18)24)23(28)25-17-10-6-5-7-11-17/h5-13,15H,3-4,14H2,1-2H3,(H,25,28). The van der Waals surface area contributed by atoms with E-state index in [1.165, 1.54) is 6.07 Å². The number of rotatable bonds is 6. The third-order valence-corrected chi connectivity index (χ3v) is 4.97. The maximum absolute atomic E-state index is 13.1. The van der Waals surface area contributed by atoms with Gasteiger partial charge >= 0.3 is 0 Å². The molecule has 1 heterocycles. The molecule has 0 saturated heterocycles. The number of carbonyl (C=O) groups excluding carboxylic acids is 1. The first-order chi connectivity index (χ1) is 13.5. The molecular formula is C23H23ClN2O2. The topological polar surface area (TPSA) is 51.1 Å². The lowest BCUT2D eigenvalue weighted by Gasteiger charge is -2.21. The average Bonchev–Trinajstić information content (AvgIpc) is 2.68. The van der Waals surface area contributed by atoms with E-state index in [0.717, 1.165) is 18.5 Å². The molecule has 0 bridgehead atoms. The van der Waals surface area contributed by atoms with Gasteiger partial charge in [-0.3, -0.25) is 9.59 Å². The first-order valence-corrected chi connectivity index (χ1v) is 9.76. The van der Waals surface area contributed by atoms with E-state index in [4.69, 9.17) is 11.6 Å². The number of pyridine rings is 1. The molecule has 1 aromatic heterocycles. The van der Waals surface area contributed by atoms with Gasteiger partial charge in [-0.1, -0.05) is 61.3 Å². The molecule has 2 aromatic carbocycles. The van der Waals surface area contributed by atoms with Crippen molar-refractivity contribution in [3.8, 4) is 11.3 Å². The quantitative estimate of drug-likeness (QED) is 0.597. The molecule has 0 spiro atoms. The molecule has 0 aliphatic rings. The second-order valence-electron chi connectivity index (χ2n) is 6.68. The van der Waals surface area contributed by atoms with Gasteiger partial charge in [0.2, 0.25) is 0 Å². The Morgan fingerprint density at radius 2 is 1.75 bits per heavy atom. The molecule has 4 nitrogen and oxygen atoms in total. The summed E-state index contributed by atoms with van der Waals surface area (Å²) in [6, 6.07) is 17.9. The summed E-state index contributed by atoms with van der Waals surface area (Å²) < 4.78 is 2.02. The van der Waals surface area contributed by atoms with Gasteiger partial charge in [-0.15, -0.1) is 0 Å². The number of benzene rings is 2. The molecule has 28 heavy (non-hydrogen) atoms. The molecule has 5 heteroatoms. The second kappa shape index (κ2) is 8.89. The maximum atomic E-state index is 13.1. The second-order valence-corrected chi connectivity index (χ2v) is 7.09. The van der Waals surface area contributed by atoms with Crippen LogP contribution in [0.2, 0.25) is 5.02 Å². The number of nitrogens with one attached hydrogen (secondary N) is 1. The zero-order valence-corrected chi connectivity index (χ0v) is 16.8. The number of nitrogens with zero attached hydrogens (tertiary/aromatic N) is 1. The van der Waals surface area contributed by atoms with Gasteiger partial charge in [0.05, 0.1) is 5.69 Å². The monoisotopic (exact) mass is 394 g/mol. The number of aryl methyl sites for hydroxylation is 1. The van der Waals surface area contributed by atoms with Gasteiger partial charge in [-0.25, -0.2) is 0 Å². The van der Waals surface area contributed by atoms with Crippen LogP contribution in [0.4, 0.5) is 5.69 Å². The highest BCUT2D eigenvalue weighted by atomic mass is 35.5. The van der Waals surface area contributed by atoms with Crippen molar-refractivity contribution in [3.63, 3.8) is 0 Å². The Hall–Kier alpha value is -2.85. The Kier molecular flexibility index (Phi) is 6.32. The number of unbranched alkanes of at least 4 members (excludes halogenated alkanes) is 1. The Morgan fingerprint density at radius 3 is 2.43 bits per heavy atom. The Labute approximate surface area is 169 Å². The lowest BCUT2D eigenvalue weighted by Crippen LogP contribution is -2.26. The summed E-state index contributed by atoms with van der Waals surface area (Å²) in [5.41, 5.74) is 2.49.